The lowest BCUT2D eigenvalue weighted by Gasteiger charge is -2.30. The molecular weight excluding hydrogens is 322 g/mol. The minimum absolute atomic E-state index is 0.0568. The summed E-state index contributed by atoms with van der Waals surface area (Å²) in [5.41, 5.74) is 2.21. The third kappa shape index (κ3) is 3.04. The van der Waals surface area contributed by atoms with Gasteiger partial charge in [0, 0.05) is 31.3 Å². The summed E-state index contributed by atoms with van der Waals surface area (Å²) in [6, 6.07) is 4.91. The fourth-order valence-electron chi connectivity index (χ4n) is 2.78. The Morgan fingerprint density at radius 1 is 1.32 bits per heavy atom. The zero-order valence-corrected chi connectivity index (χ0v) is 14.9. The van der Waals surface area contributed by atoms with Crippen LogP contribution in [0, 0.1) is 15.5 Å². The van der Waals surface area contributed by atoms with Crippen molar-refractivity contribution in [2.75, 3.05) is 24.3 Å². The minimum Gasteiger partial charge on any atom is -0.372 e. The van der Waals surface area contributed by atoms with E-state index in [1.54, 1.807) is 35.8 Å². The summed E-state index contributed by atoms with van der Waals surface area (Å²) in [4.78, 5) is 12.8. The number of nitrogens with one attached hydrogen (secondary N) is 1. The van der Waals surface area contributed by atoms with Gasteiger partial charge in [-0.15, -0.1) is 0 Å². The summed E-state index contributed by atoms with van der Waals surface area (Å²) in [6.07, 6.45) is 2.01. The van der Waals surface area contributed by atoms with Gasteiger partial charge < -0.3 is 10.2 Å². The summed E-state index contributed by atoms with van der Waals surface area (Å²) < 4.78 is 1.63. The van der Waals surface area contributed by atoms with Crippen LogP contribution in [0.4, 0.5) is 17.3 Å². The van der Waals surface area contributed by atoms with Crippen molar-refractivity contribution in [1.82, 2.24) is 20.2 Å². The number of fused-ring (bicyclic) bond motifs is 1. The van der Waals surface area contributed by atoms with Crippen LogP contribution in [0.15, 0.2) is 30.0 Å². The van der Waals surface area contributed by atoms with E-state index >= 15 is 0 Å². The molecule has 3 rings (SSSR count). The van der Waals surface area contributed by atoms with Gasteiger partial charge in [0.1, 0.15) is 11.7 Å². The van der Waals surface area contributed by atoms with Crippen molar-refractivity contribution >= 4 is 17.3 Å². The van der Waals surface area contributed by atoms with Crippen molar-refractivity contribution in [3.63, 3.8) is 0 Å². The number of nitro groups is 1. The van der Waals surface area contributed by atoms with Gasteiger partial charge in [0.15, 0.2) is 0 Å². The first kappa shape index (κ1) is 16.9. The highest BCUT2D eigenvalue weighted by molar-refractivity contribution is 5.64. The lowest BCUT2D eigenvalue weighted by atomic mass is 9.88. The average molecular weight is 343 g/mol. The molecule has 0 spiro atoms. The van der Waals surface area contributed by atoms with Crippen LogP contribution in [0.5, 0.6) is 0 Å². The number of rotatable bonds is 3. The Hall–Kier alpha value is -2.97. The molecule has 132 valence electrons. The number of hydrogen-bond donors (Lipinski definition) is 1. The van der Waals surface area contributed by atoms with Gasteiger partial charge >= 0.3 is 0 Å². The van der Waals surface area contributed by atoms with Crippen molar-refractivity contribution < 1.29 is 4.92 Å². The molecule has 9 nitrogen and oxygen atoms in total. The van der Waals surface area contributed by atoms with E-state index in [-0.39, 0.29) is 22.1 Å². The quantitative estimate of drug-likeness (QED) is 0.675. The first-order valence-corrected chi connectivity index (χ1v) is 7.91. The van der Waals surface area contributed by atoms with Crippen molar-refractivity contribution in [2.24, 2.45) is 5.41 Å². The van der Waals surface area contributed by atoms with Gasteiger partial charge in [-0.05, 0) is 28.1 Å². The van der Waals surface area contributed by atoms with Crippen LogP contribution in [-0.2, 0) is 0 Å². The second-order valence-corrected chi connectivity index (χ2v) is 7.25. The molecular formula is C16H21N7O2. The summed E-state index contributed by atoms with van der Waals surface area (Å²) in [7, 11) is 3.56. The average Bonchev–Trinajstić information content (AvgIpc) is 3.00. The van der Waals surface area contributed by atoms with Crippen molar-refractivity contribution in [3.8, 4) is 0 Å². The number of allylic oxidation sites excluding steroid dienone is 2. The highest BCUT2D eigenvalue weighted by atomic mass is 16.6. The topological polar surface area (TPSA) is 102 Å². The van der Waals surface area contributed by atoms with Gasteiger partial charge in [-0.25, -0.2) is 0 Å². The van der Waals surface area contributed by atoms with Crippen LogP contribution in [0.25, 0.3) is 0 Å². The number of nitro benzene ring substituents is 1. The molecule has 2 heterocycles. The number of hydrogen-bond acceptors (Lipinski definition) is 7. The molecule has 1 aromatic heterocycles. The number of nitrogens with zero attached hydrogens (tertiary/aromatic N) is 6. The molecule has 1 N–H and O–H groups in total. The molecule has 0 aliphatic carbocycles. The fraction of sp³-hybridized carbons (Fsp3) is 0.438. The first-order chi connectivity index (χ1) is 11.7. The van der Waals surface area contributed by atoms with Gasteiger partial charge in [-0.2, -0.15) is 4.68 Å². The zero-order chi connectivity index (χ0) is 18.4. The molecule has 2 aromatic rings. The first-order valence-electron chi connectivity index (χ1n) is 7.91. The molecule has 1 atom stereocenters. The summed E-state index contributed by atoms with van der Waals surface area (Å²) in [5.74, 6) is 0.525. The van der Waals surface area contributed by atoms with Gasteiger partial charge in [0.25, 0.3) is 5.69 Å². The van der Waals surface area contributed by atoms with Crippen LogP contribution in [0.2, 0.25) is 0 Å². The van der Waals surface area contributed by atoms with E-state index in [0.717, 1.165) is 11.3 Å². The maximum absolute atomic E-state index is 11.5. The molecule has 0 amide bonds. The second-order valence-electron chi connectivity index (χ2n) is 7.25. The van der Waals surface area contributed by atoms with Gasteiger partial charge in [-0.1, -0.05) is 31.9 Å². The SMILES string of the molecule is CN(C)c1ccc(C2C=C(C(C)(C)C)Nc3nnnn32)cc1[N+](=O)[O-]. The molecule has 1 aliphatic heterocycles. The van der Waals surface area contributed by atoms with Crippen molar-refractivity contribution in [3.05, 3.63) is 45.6 Å². The smallest absolute Gasteiger partial charge is 0.292 e. The number of anilines is 2. The molecule has 9 heteroatoms. The molecule has 1 aliphatic rings. The lowest BCUT2D eigenvalue weighted by Crippen LogP contribution is -2.27. The second kappa shape index (κ2) is 5.83. The van der Waals surface area contributed by atoms with E-state index in [4.69, 9.17) is 0 Å². The fourth-order valence-corrected chi connectivity index (χ4v) is 2.78. The zero-order valence-electron chi connectivity index (χ0n) is 14.9. The Bertz CT molecular complexity index is 848. The Labute approximate surface area is 145 Å². The Morgan fingerprint density at radius 2 is 2.04 bits per heavy atom. The van der Waals surface area contributed by atoms with E-state index in [9.17, 15) is 10.1 Å². The predicted molar refractivity (Wildman–Crippen MR) is 94.5 cm³/mol. The van der Waals surface area contributed by atoms with Gasteiger partial charge in [-0.3, -0.25) is 10.1 Å². The van der Waals surface area contributed by atoms with E-state index in [1.165, 1.54) is 0 Å². The van der Waals surface area contributed by atoms with Crippen molar-refractivity contribution in [2.45, 2.75) is 26.8 Å². The highest BCUT2D eigenvalue weighted by Gasteiger charge is 2.30. The number of benzene rings is 1. The number of aromatic nitrogens is 4. The highest BCUT2D eigenvalue weighted by Crippen LogP contribution is 2.37. The third-order valence-corrected chi connectivity index (χ3v) is 4.15. The van der Waals surface area contributed by atoms with Gasteiger partial charge in [0.05, 0.1) is 4.92 Å². The maximum Gasteiger partial charge on any atom is 0.292 e. The maximum atomic E-state index is 11.5. The van der Waals surface area contributed by atoms with Crippen LogP contribution in [0.1, 0.15) is 32.4 Å². The monoisotopic (exact) mass is 343 g/mol. The Morgan fingerprint density at radius 3 is 2.64 bits per heavy atom. The lowest BCUT2D eigenvalue weighted by molar-refractivity contribution is -0.384. The molecule has 1 aromatic carbocycles. The van der Waals surface area contributed by atoms with E-state index in [2.05, 4.69) is 41.6 Å². The predicted octanol–water partition coefficient (Wildman–Crippen LogP) is 2.59. The molecule has 25 heavy (non-hydrogen) atoms. The Kier molecular flexibility index (Phi) is 3.94. The summed E-state index contributed by atoms with van der Waals surface area (Å²) in [5, 5.41) is 26.5. The van der Waals surface area contributed by atoms with Crippen molar-refractivity contribution in [1.29, 1.82) is 0 Å². The molecule has 0 radical (unpaired) electrons. The molecule has 0 saturated carbocycles. The summed E-state index contributed by atoms with van der Waals surface area (Å²) in [6.45, 7) is 6.25. The van der Waals surface area contributed by atoms with Crippen LogP contribution >= 0.6 is 0 Å². The normalized spacial score (nSPS) is 16.7. The van der Waals surface area contributed by atoms with E-state index in [0.29, 0.717) is 11.6 Å². The minimum atomic E-state index is -0.366. The molecule has 1 unspecified atom stereocenters. The van der Waals surface area contributed by atoms with Crippen LogP contribution < -0.4 is 10.2 Å². The van der Waals surface area contributed by atoms with Gasteiger partial charge in [0.2, 0.25) is 5.95 Å². The molecule has 0 saturated heterocycles. The van der Waals surface area contributed by atoms with Crippen LogP contribution in [0.3, 0.4) is 0 Å². The van der Waals surface area contributed by atoms with E-state index < -0.39 is 0 Å². The molecule has 0 fully saturated rings. The molecule has 0 bridgehead atoms. The Balaban J connectivity index is 2.13. The number of tetrazole rings is 1. The standard InChI is InChI=1S/C16H21N7O2/c1-16(2,3)14-9-12(22-15(17-14)18-19-20-22)10-6-7-11(21(4)5)13(8-10)23(24)25/h6-9,12H,1-5H3,(H,17,18,20). The largest absolute Gasteiger partial charge is 0.372 e. The van der Waals surface area contributed by atoms with E-state index in [1.807, 2.05) is 12.1 Å². The third-order valence-electron chi connectivity index (χ3n) is 4.15. The van der Waals surface area contributed by atoms with Crippen LogP contribution in [-0.4, -0.2) is 39.2 Å². The summed E-state index contributed by atoms with van der Waals surface area (Å²) >= 11 is 0.